The second-order valence-electron chi connectivity index (χ2n) is 6.44. The van der Waals surface area contributed by atoms with Crippen molar-refractivity contribution in [3.05, 3.63) is 77.6 Å². The fraction of sp³-hybridized carbons (Fsp3) is 0.150. The monoisotopic (exact) mass is 440 g/mol. The van der Waals surface area contributed by atoms with Crippen LogP contribution >= 0.6 is 0 Å². The van der Waals surface area contributed by atoms with Gasteiger partial charge in [-0.2, -0.15) is 26.3 Å². The van der Waals surface area contributed by atoms with Gasteiger partial charge in [-0.25, -0.2) is 4.98 Å². The third-order valence-corrected chi connectivity index (χ3v) is 4.08. The third kappa shape index (κ3) is 5.50. The second-order valence-corrected chi connectivity index (χ2v) is 6.44. The zero-order chi connectivity index (χ0) is 22.8. The summed E-state index contributed by atoms with van der Waals surface area (Å²) >= 11 is 0. The highest BCUT2D eigenvalue weighted by molar-refractivity contribution is 6.01. The summed E-state index contributed by atoms with van der Waals surface area (Å²) in [7, 11) is 0. The Labute approximate surface area is 172 Å². The fourth-order valence-electron chi connectivity index (χ4n) is 2.64. The number of amides is 1. The molecule has 0 fully saturated rings. The van der Waals surface area contributed by atoms with Crippen molar-refractivity contribution in [1.29, 1.82) is 0 Å². The molecule has 0 spiro atoms. The number of rotatable bonds is 4. The fourth-order valence-corrected chi connectivity index (χ4v) is 2.64. The topological polar surface area (TPSA) is 59.8 Å². The number of imidazole rings is 1. The summed E-state index contributed by atoms with van der Waals surface area (Å²) in [5, 5.41) is 2.29. The van der Waals surface area contributed by atoms with Crippen LogP contribution in [-0.2, 0) is 17.1 Å². The molecular formula is C20H14F6N4O. The molecule has 31 heavy (non-hydrogen) atoms. The molecule has 1 amide bonds. The lowest BCUT2D eigenvalue weighted by Gasteiger charge is -2.15. The molecule has 0 aliphatic heterocycles. The van der Waals surface area contributed by atoms with Gasteiger partial charge < -0.3 is 9.88 Å². The maximum absolute atomic E-state index is 13.5. The van der Waals surface area contributed by atoms with Crippen LogP contribution in [0.25, 0.3) is 11.8 Å². The normalized spacial score (nSPS) is 12.4. The third-order valence-electron chi connectivity index (χ3n) is 4.08. The zero-order valence-corrected chi connectivity index (χ0v) is 15.8. The second kappa shape index (κ2) is 8.25. The molecule has 0 aliphatic carbocycles. The summed E-state index contributed by atoms with van der Waals surface area (Å²) in [6.45, 7) is 1.64. The molecule has 2 aromatic heterocycles. The number of anilines is 1. The number of hydrogen-bond donors (Lipinski definition) is 1. The Morgan fingerprint density at radius 1 is 1.03 bits per heavy atom. The number of carbonyl (C=O) groups excluding carboxylic acids is 1. The zero-order valence-electron chi connectivity index (χ0n) is 15.8. The van der Waals surface area contributed by atoms with E-state index in [9.17, 15) is 31.1 Å². The van der Waals surface area contributed by atoms with Gasteiger partial charge in [0.05, 0.1) is 34.5 Å². The minimum absolute atomic E-state index is 0.0740. The molecule has 3 aromatic rings. The van der Waals surface area contributed by atoms with Crippen molar-refractivity contribution in [2.45, 2.75) is 19.3 Å². The van der Waals surface area contributed by atoms with Gasteiger partial charge in [0.15, 0.2) is 0 Å². The standard InChI is InChI=1S/C20H14F6N4O/c1-12-10-30(11-28-12)17-6-4-15(8-16(17)20(24,25)26)29-18(31)7-5-14-3-2-13(9-27-14)19(21,22)23/h2-11H,1H3,(H,29,31)/b7-5+. The number of carbonyl (C=O) groups is 1. The van der Waals surface area contributed by atoms with Crippen LogP contribution in [0.3, 0.4) is 0 Å². The minimum atomic E-state index is -4.69. The average Bonchev–Trinajstić information content (AvgIpc) is 3.11. The first-order valence-corrected chi connectivity index (χ1v) is 8.68. The van der Waals surface area contributed by atoms with Gasteiger partial charge >= 0.3 is 12.4 Å². The molecular weight excluding hydrogens is 426 g/mol. The minimum Gasteiger partial charge on any atom is -0.322 e. The lowest BCUT2D eigenvalue weighted by atomic mass is 10.1. The SMILES string of the molecule is Cc1cn(-c2ccc(NC(=O)/C=C/c3ccc(C(F)(F)F)cn3)cc2C(F)(F)F)cn1. The predicted molar refractivity (Wildman–Crippen MR) is 100 cm³/mol. The van der Waals surface area contributed by atoms with E-state index in [2.05, 4.69) is 15.3 Å². The van der Waals surface area contributed by atoms with Crippen molar-refractivity contribution in [3.8, 4) is 5.69 Å². The van der Waals surface area contributed by atoms with Gasteiger partial charge in [0, 0.05) is 24.2 Å². The highest BCUT2D eigenvalue weighted by atomic mass is 19.4. The summed E-state index contributed by atoms with van der Waals surface area (Å²) in [5.74, 6) is -0.777. The molecule has 11 heteroatoms. The molecule has 2 heterocycles. The number of alkyl halides is 6. The summed E-state index contributed by atoms with van der Waals surface area (Å²) < 4.78 is 79.3. The van der Waals surface area contributed by atoms with E-state index in [0.717, 1.165) is 30.4 Å². The van der Waals surface area contributed by atoms with E-state index >= 15 is 0 Å². The van der Waals surface area contributed by atoms with Crippen LogP contribution < -0.4 is 5.32 Å². The van der Waals surface area contributed by atoms with Gasteiger partial charge in [0.1, 0.15) is 0 Å². The largest absolute Gasteiger partial charge is 0.418 e. The highest BCUT2D eigenvalue weighted by Gasteiger charge is 2.34. The summed E-state index contributed by atoms with van der Waals surface area (Å²) in [4.78, 5) is 19.5. The van der Waals surface area contributed by atoms with E-state index in [-0.39, 0.29) is 17.1 Å². The maximum atomic E-state index is 13.5. The first-order valence-electron chi connectivity index (χ1n) is 8.68. The van der Waals surface area contributed by atoms with Crippen LogP contribution in [-0.4, -0.2) is 20.4 Å². The molecule has 0 saturated heterocycles. The lowest BCUT2D eigenvalue weighted by Crippen LogP contribution is -2.13. The summed E-state index contributed by atoms with van der Waals surface area (Å²) in [6.07, 6.45) is -3.83. The van der Waals surface area contributed by atoms with E-state index in [1.165, 1.54) is 29.2 Å². The number of benzene rings is 1. The quantitative estimate of drug-likeness (QED) is 0.445. The molecule has 1 N–H and O–H groups in total. The van der Waals surface area contributed by atoms with Crippen LogP contribution in [0.2, 0.25) is 0 Å². The number of pyridine rings is 1. The molecule has 0 radical (unpaired) electrons. The smallest absolute Gasteiger partial charge is 0.322 e. The molecule has 0 atom stereocenters. The van der Waals surface area contributed by atoms with Gasteiger partial charge in [0.25, 0.3) is 0 Å². The van der Waals surface area contributed by atoms with E-state index < -0.39 is 29.4 Å². The van der Waals surface area contributed by atoms with Crippen LogP contribution in [0.15, 0.2) is 55.1 Å². The van der Waals surface area contributed by atoms with Gasteiger partial charge in [-0.1, -0.05) is 0 Å². The van der Waals surface area contributed by atoms with Gasteiger partial charge in [0.2, 0.25) is 5.91 Å². The molecule has 0 aliphatic rings. The van der Waals surface area contributed by atoms with E-state index in [1.807, 2.05) is 0 Å². The number of aromatic nitrogens is 3. The Bertz CT molecular complexity index is 1110. The molecule has 0 saturated carbocycles. The molecule has 0 bridgehead atoms. The number of hydrogen-bond acceptors (Lipinski definition) is 3. The Balaban J connectivity index is 1.77. The highest BCUT2D eigenvalue weighted by Crippen LogP contribution is 2.35. The van der Waals surface area contributed by atoms with Crippen LogP contribution in [0.4, 0.5) is 32.0 Å². The van der Waals surface area contributed by atoms with Crippen molar-refractivity contribution in [2.24, 2.45) is 0 Å². The molecule has 1 aromatic carbocycles. The summed E-state index contributed by atoms with van der Waals surface area (Å²) in [5.41, 5.74) is -1.57. The number of nitrogens with zero attached hydrogens (tertiary/aromatic N) is 3. The van der Waals surface area contributed by atoms with E-state index in [4.69, 9.17) is 0 Å². The molecule has 5 nitrogen and oxygen atoms in total. The number of aryl methyl sites for hydroxylation is 1. The Morgan fingerprint density at radius 3 is 2.32 bits per heavy atom. The molecule has 162 valence electrons. The van der Waals surface area contributed by atoms with E-state index in [0.29, 0.717) is 11.9 Å². The predicted octanol–water partition coefficient (Wildman–Crippen LogP) is 5.27. The van der Waals surface area contributed by atoms with Crippen molar-refractivity contribution < 1.29 is 31.1 Å². The Morgan fingerprint density at radius 2 is 1.77 bits per heavy atom. The number of nitrogens with one attached hydrogen (secondary N) is 1. The molecule has 3 rings (SSSR count). The average molecular weight is 440 g/mol. The van der Waals surface area contributed by atoms with E-state index in [1.54, 1.807) is 6.92 Å². The first kappa shape index (κ1) is 22.1. The maximum Gasteiger partial charge on any atom is 0.418 e. The van der Waals surface area contributed by atoms with Crippen LogP contribution in [0.1, 0.15) is 22.5 Å². The van der Waals surface area contributed by atoms with Gasteiger partial charge in [-0.15, -0.1) is 0 Å². The number of halogens is 6. The van der Waals surface area contributed by atoms with Crippen LogP contribution in [0.5, 0.6) is 0 Å². The lowest BCUT2D eigenvalue weighted by molar-refractivity contribution is -0.138. The van der Waals surface area contributed by atoms with Crippen molar-refractivity contribution in [3.63, 3.8) is 0 Å². The molecule has 0 unspecified atom stereocenters. The van der Waals surface area contributed by atoms with Crippen molar-refractivity contribution in [1.82, 2.24) is 14.5 Å². The summed E-state index contributed by atoms with van der Waals surface area (Å²) in [6, 6.07) is 5.14. The van der Waals surface area contributed by atoms with Gasteiger partial charge in [-0.3, -0.25) is 9.78 Å². The first-order chi connectivity index (χ1) is 14.4. The van der Waals surface area contributed by atoms with Crippen LogP contribution in [0, 0.1) is 6.92 Å². The van der Waals surface area contributed by atoms with Gasteiger partial charge in [-0.05, 0) is 43.3 Å². The Kier molecular flexibility index (Phi) is 5.87. The Hall–Kier alpha value is -3.63. The van der Waals surface area contributed by atoms with Crippen molar-refractivity contribution in [2.75, 3.05) is 5.32 Å². The van der Waals surface area contributed by atoms with Crippen molar-refractivity contribution >= 4 is 17.7 Å².